The highest BCUT2D eigenvalue weighted by molar-refractivity contribution is 6.35. The maximum absolute atomic E-state index is 12.6. The summed E-state index contributed by atoms with van der Waals surface area (Å²) in [5, 5.41) is -0.0366. The number of alkyl halides is 3. The summed E-state index contributed by atoms with van der Waals surface area (Å²) in [4.78, 5) is 8.20. The largest absolute Gasteiger partial charge is 0.416 e. The van der Waals surface area contributed by atoms with Crippen molar-refractivity contribution in [3.63, 3.8) is 0 Å². The third-order valence-electron chi connectivity index (χ3n) is 2.46. The molecule has 0 radical (unpaired) electrons. The number of fused-ring (bicyclic) bond motifs is 1. The first-order valence-corrected chi connectivity index (χ1v) is 5.18. The summed E-state index contributed by atoms with van der Waals surface area (Å²) in [6, 6.07) is 1.83. The van der Waals surface area contributed by atoms with E-state index in [2.05, 4.69) is 9.97 Å². The van der Waals surface area contributed by atoms with Crippen LogP contribution >= 0.6 is 11.6 Å². The van der Waals surface area contributed by atoms with Crippen molar-refractivity contribution < 1.29 is 13.2 Å². The molecule has 0 aliphatic carbocycles. The average molecular weight is 261 g/mol. The summed E-state index contributed by atoms with van der Waals surface area (Å²) in [7, 11) is 0. The van der Waals surface area contributed by atoms with Gasteiger partial charge in [-0.1, -0.05) is 11.6 Å². The first-order chi connectivity index (χ1) is 7.79. The fraction of sp³-hybridized carbons (Fsp3) is 0.273. The Labute approximate surface area is 100 Å². The Hall–Kier alpha value is -1.36. The summed E-state index contributed by atoms with van der Waals surface area (Å²) >= 11 is 5.79. The summed E-state index contributed by atoms with van der Waals surface area (Å²) in [6.07, 6.45) is -4.43. The van der Waals surface area contributed by atoms with Gasteiger partial charge in [0.1, 0.15) is 5.52 Å². The Morgan fingerprint density at radius 2 is 1.65 bits per heavy atom. The minimum absolute atomic E-state index is 0.0366. The molecule has 1 aromatic heterocycles. The third kappa shape index (κ3) is 2.20. The Balaban J connectivity index is 2.78. The number of aromatic nitrogens is 2. The monoisotopic (exact) mass is 260 g/mol. The van der Waals surface area contributed by atoms with Crippen LogP contribution in [0.2, 0.25) is 5.02 Å². The zero-order valence-corrected chi connectivity index (χ0v) is 9.82. The van der Waals surface area contributed by atoms with Gasteiger partial charge in [0.05, 0.1) is 27.5 Å². The molecule has 0 N–H and O–H groups in total. The van der Waals surface area contributed by atoms with E-state index in [1.54, 1.807) is 13.8 Å². The normalized spacial score (nSPS) is 12.1. The molecule has 2 rings (SSSR count). The van der Waals surface area contributed by atoms with Gasteiger partial charge in [0.2, 0.25) is 0 Å². The molecule has 0 bridgehead atoms. The van der Waals surface area contributed by atoms with Gasteiger partial charge in [-0.05, 0) is 26.0 Å². The van der Waals surface area contributed by atoms with E-state index in [-0.39, 0.29) is 10.5 Å². The molecule has 0 spiro atoms. The highest BCUT2D eigenvalue weighted by Crippen LogP contribution is 2.34. The minimum Gasteiger partial charge on any atom is -0.250 e. The van der Waals surface area contributed by atoms with E-state index in [1.165, 1.54) is 0 Å². The van der Waals surface area contributed by atoms with Crippen LogP contribution in [-0.4, -0.2) is 9.97 Å². The Bertz CT molecular complexity index is 593. The first kappa shape index (κ1) is 12.1. The zero-order chi connectivity index (χ0) is 12.8. The van der Waals surface area contributed by atoms with Gasteiger partial charge in [-0.2, -0.15) is 13.2 Å². The number of halogens is 4. The molecule has 6 heteroatoms. The van der Waals surface area contributed by atoms with Gasteiger partial charge in [-0.3, -0.25) is 0 Å². The lowest BCUT2D eigenvalue weighted by atomic mass is 10.1. The molecule has 1 aromatic carbocycles. The topological polar surface area (TPSA) is 25.8 Å². The molecule has 0 unspecified atom stereocenters. The average Bonchev–Trinajstić information content (AvgIpc) is 2.19. The second-order valence-electron chi connectivity index (χ2n) is 3.72. The lowest BCUT2D eigenvalue weighted by Crippen LogP contribution is -2.06. The van der Waals surface area contributed by atoms with Crippen LogP contribution in [0.3, 0.4) is 0 Å². The van der Waals surface area contributed by atoms with Crippen LogP contribution in [-0.2, 0) is 6.18 Å². The van der Waals surface area contributed by atoms with Crippen molar-refractivity contribution in [2.75, 3.05) is 0 Å². The van der Waals surface area contributed by atoms with Crippen LogP contribution in [0.4, 0.5) is 13.2 Å². The molecular formula is C11H8ClF3N2. The van der Waals surface area contributed by atoms with Gasteiger partial charge in [0, 0.05) is 0 Å². The van der Waals surface area contributed by atoms with E-state index >= 15 is 0 Å². The van der Waals surface area contributed by atoms with Crippen LogP contribution < -0.4 is 0 Å². The first-order valence-electron chi connectivity index (χ1n) is 4.81. The van der Waals surface area contributed by atoms with Crippen LogP contribution in [0.15, 0.2) is 12.1 Å². The summed E-state index contributed by atoms with van der Waals surface area (Å²) < 4.78 is 37.7. The summed E-state index contributed by atoms with van der Waals surface area (Å²) in [5.41, 5.74) is 0.885. The smallest absolute Gasteiger partial charge is 0.250 e. The maximum atomic E-state index is 12.6. The fourth-order valence-corrected chi connectivity index (χ4v) is 1.71. The number of benzene rings is 1. The molecule has 17 heavy (non-hydrogen) atoms. The van der Waals surface area contributed by atoms with E-state index in [0.29, 0.717) is 16.9 Å². The second-order valence-corrected chi connectivity index (χ2v) is 4.13. The van der Waals surface area contributed by atoms with Crippen LogP contribution in [0.1, 0.15) is 17.0 Å². The number of rotatable bonds is 0. The minimum atomic E-state index is -4.43. The Morgan fingerprint density at radius 1 is 1.06 bits per heavy atom. The molecule has 0 aliphatic heterocycles. The van der Waals surface area contributed by atoms with E-state index in [0.717, 1.165) is 12.1 Å². The SMILES string of the molecule is Cc1nc2cc(C(F)(F)F)cc(Cl)c2nc1C. The molecule has 0 saturated heterocycles. The van der Waals surface area contributed by atoms with Gasteiger partial charge < -0.3 is 0 Å². The van der Waals surface area contributed by atoms with Gasteiger partial charge in [-0.25, -0.2) is 9.97 Å². The predicted molar refractivity (Wildman–Crippen MR) is 59.0 cm³/mol. The number of hydrogen-bond acceptors (Lipinski definition) is 2. The molecule has 0 atom stereocenters. The van der Waals surface area contributed by atoms with Crippen molar-refractivity contribution in [2.45, 2.75) is 20.0 Å². The van der Waals surface area contributed by atoms with Crippen molar-refractivity contribution in [3.8, 4) is 0 Å². The maximum Gasteiger partial charge on any atom is 0.416 e. The lowest BCUT2D eigenvalue weighted by molar-refractivity contribution is -0.137. The molecule has 2 nitrogen and oxygen atoms in total. The molecule has 2 aromatic rings. The van der Waals surface area contributed by atoms with Crippen molar-refractivity contribution in [2.24, 2.45) is 0 Å². The molecule has 0 fully saturated rings. The lowest BCUT2D eigenvalue weighted by Gasteiger charge is -2.09. The van der Waals surface area contributed by atoms with Crippen molar-refractivity contribution in [1.82, 2.24) is 9.97 Å². The standard InChI is InChI=1S/C11H8ClF3N2/c1-5-6(2)17-10-8(12)3-7(11(13,14)15)4-9(10)16-5/h3-4H,1-2H3. The van der Waals surface area contributed by atoms with Crippen LogP contribution in [0, 0.1) is 13.8 Å². The zero-order valence-electron chi connectivity index (χ0n) is 9.06. The van der Waals surface area contributed by atoms with Crippen LogP contribution in [0.5, 0.6) is 0 Å². The number of nitrogens with zero attached hydrogens (tertiary/aromatic N) is 2. The Morgan fingerprint density at radius 3 is 2.24 bits per heavy atom. The van der Waals surface area contributed by atoms with Crippen molar-refractivity contribution in [3.05, 3.63) is 34.1 Å². The summed E-state index contributed by atoms with van der Waals surface area (Å²) in [6.45, 7) is 3.42. The molecular weight excluding hydrogens is 253 g/mol. The predicted octanol–water partition coefficient (Wildman–Crippen LogP) is 3.92. The highest BCUT2D eigenvalue weighted by Gasteiger charge is 2.31. The van der Waals surface area contributed by atoms with Crippen LogP contribution in [0.25, 0.3) is 11.0 Å². The van der Waals surface area contributed by atoms with E-state index in [1.807, 2.05) is 0 Å². The number of aryl methyl sites for hydroxylation is 2. The van der Waals surface area contributed by atoms with Gasteiger partial charge in [0.15, 0.2) is 0 Å². The van der Waals surface area contributed by atoms with Crippen molar-refractivity contribution >= 4 is 22.6 Å². The molecule has 0 saturated carbocycles. The van der Waals surface area contributed by atoms with Gasteiger partial charge in [-0.15, -0.1) is 0 Å². The molecule has 90 valence electrons. The molecule has 1 heterocycles. The molecule has 0 amide bonds. The summed E-state index contributed by atoms with van der Waals surface area (Å²) in [5.74, 6) is 0. The quantitative estimate of drug-likeness (QED) is 0.717. The molecule has 0 aliphatic rings. The third-order valence-corrected chi connectivity index (χ3v) is 2.75. The fourth-order valence-electron chi connectivity index (χ4n) is 1.45. The number of hydrogen-bond donors (Lipinski definition) is 0. The van der Waals surface area contributed by atoms with E-state index in [9.17, 15) is 13.2 Å². The Kier molecular flexibility index (Phi) is 2.73. The second kappa shape index (κ2) is 3.84. The van der Waals surface area contributed by atoms with Gasteiger partial charge in [0.25, 0.3) is 0 Å². The van der Waals surface area contributed by atoms with E-state index < -0.39 is 11.7 Å². The van der Waals surface area contributed by atoms with E-state index in [4.69, 9.17) is 11.6 Å². The van der Waals surface area contributed by atoms with Gasteiger partial charge >= 0.3 is 6.18 Å². The van der Waals surface area contributed by atoms with Crippen molar-refractivity contribution in [1.29, 1.82) is 0 Å². The highest BCUT2D eigenvalue weighted by atomic mass is 35.5.